The van der Waals surface area contributed by atoms with E-state index in [1.54, 1.807) is 0 Å². The van der Waals surface area contributed by atoms with Crippen molar-refractivity contribution in [3.8, 4) is 0 Å². The molecule has 0 radical (unpaired) electrons. The standard InChI is InChI=1S/C17H23N3O2/c1-13(21)10-15-8-5-9-20(15)12-17-18-16(19-22-17)11-14-6-3-2-4-7-14/h2-4,6-7,13,15,21H,5,8-12H2,1H3. The summed E-state index contributed by atoms with van der Waals surface area (Å²) >= 11 is 0. The summed E-state index contributed by atoms with van der Waals surface area (Å²) < 4.78 is 5.39. The first-order valence-electron chi connectivity index (χ1n) is 7.98. The normalized spacial score (nSPS) is 20.4. The third-order valence-electron chi connectivity index (χ3n) is 4.17. The molecular weight excluding hydrogens is 278 g/mol. The molecule has 2 unspecified atom stereocenters. The van der Waals surface area contributed by atoms with E-state index >= 15 is 0 Å². The molecule has 5 heteroatoms. The number of rotatable bonds is 6. The summed E-state index contributed by atoms with van der Waals surface area (Å²) in [5.74, 6) is 1.40. The van der Waals surface area contributed by atoms with E-state index in [-0.39, 0.29) is 6.10 Å². The van der Waals surface area contributed by atoms with Gasteiger partial charge >= 0.3 is 0 Å². The first-order valence-corrected chi connectivity index (χ1v) is 7.98. The van der Waals surface area contributed by atoms with Gasteiger partial charge in [-0.25, -0.2) is 0 Å². The highest BCUT2D eigenvalue weighted by Gasteiger charge is 2.27. The Kier molecular flexibility index (Phi) is 4.85. The quantitative estimate of drug-likeness (QED) is 0.887. The molecule has 3 rings (SSSR count). The molecule has 2 heterocycles. The van der Waals surface area contributed by atoms with E-state index in [4.69, 9.17) is 4.52 Å². The number of nitrogens with zero attached hydrogens (tertiary/aromatic N) is 3. The second kappa shape index (κ2) is 7.03. The van der Waals surface area contributed by atoms with Crippen molar-refractivity contribution in [1.29, 1.82) is 0 Å². The molecule has 0 amide bonds. The van der Waals surface area contributed by atoms with Gasteiger partial charge in [-0.3, -0.25) is 4.90 Å². The van der Waals surface area contributed by atoms with Gasteiger partial charge in [0.15, 0.2) is 5.82 Å². The summed E-state index contributed by atoms with van der Waals surface area (Å²) in [6, 6.07) is 10.6. The second-order valence-corrected chi connectivity index (χ2v) is 6.12. The molecule has 2 atom stereocenters. The van der Waals surface area contributed by atoms with Gasteiger partial charge in [-0.1, -0.05) is 35.5 Å². The predicted octanol–water partition coefficient (Wildman–Crippen LogP) is 2.40. The first kappa shape index (κ1) is 15.2. The number of hydrogen-bond acceptors (Lipinski definition) is 5. The Hall–Kier alpha value is -1.72. The van der Waals surface area contributed by atoms with E-state index in [1.165, 1.54) is 12.0 Å². The van der Waals surface area contributed by atoms with E-state index in [0.29, 0.717) is 24.9 Å². The molecule has 22 heavy (non-hydrogen) atoms. The molecule has 0 saturated carbocycles. The van der Waals surface area contributed by atoms with Crippen LogP contribution in [0.4, 0.5) is 0 Å². The topological polar surface area (TPSA) is 62.4 Å². The Morgan fingerprint density at radius 1 is 1.36 bits per heavy atom. The van der Waals surface area contributed by atoms with Crippen molar-refractivity contribution < 1.29 is 9.63 Å². The van der Waals surface area contributed by atoms with E-state index in [9.17, 15) is 5.11 Å². The largest absolute Gasteiger partial charge is 0.393 e. The van der Waals surface area contributed by atoms with Crippen molar-refractivity contribution in [2.45, 2.75) is 51.3 Å². The maximum Gasteiger partial charge on any atom is 0.240 e. The van der Waals surface area contributed by atoms with Gasteiger partial charge in [-0.15, -0.1) is 0 Å². The number of likely N-dealkylation sites (tertiary alicyclic amines) is 1. The Morgan fingerprint density at radius 3 is 2.95 bits per heavy atom. The van der Waals surface area contributed by atoms with E-state index in [2.05, 4.69) is 27.2 Å². The van der Waals surface area contributed by atoms with Crippen LogP contribution in [-0.4, -0.2) is 38.8 Å². The first-order chi connectivity index (χ1) is 10.7. The highest BCUT2D eigenvalue weighted by Crippen LogP contribution is 2.23. The molecule has 0 bridgehead atoms. The van der Waals surface area contributed by atoms with Crippen molar-refractivity contribution in [3.05, 3.63) is 47.6 Å². The lowest BCUT2D eigenvalue weighted by atomic mass is 10.1. The van der Waals surface area contributed by atoms with Gasteiger partial charge < -0.3 is 9.63 Å². The zero-order valence-electron chi connectivity index (χ0n) is 13.0. The highest BCUT2D eigenvalue weighted by molar-refractivity contribution is 5.18. The third-order valence-corrected chi connectivity index (χ3v) is 4.17. The molecule has 2 aromatic rings. The fraction of sp³-hybridized carbons (Fsp3) is 0.529. The zero-order chi connectivity index (χ0) is 15.4. The van der Waals surface area contributed by atoms with E-state index < -0.39 is 0 Å². The molecule has 5 nitrogen and oxygen atoms in total. The van der Waals surface area contributed by atoms with Gasteiger partial charge in [0.05, 0.1) is 12.6 Å². The monoisotopic (exact) mass is 301 g/mol. The van der Waals surface area contributed by atoms with Crippen LogP contribution in [0.3, 0.4) is 0 Å². The molecule has 0 spiro atoms. The molecule has 1 aromatic carbocycles. The van der Waals surface area contributed by atoms with Crippen molar-refractivity contribution in [2.24, 2.45) is 0 Å². The van der Waals surface area contributed by atoms with Crippen LogP contribution in [0, 0.1) is 0 Å². The Labute approximate surface area is 131 Å². The molecule has 1 fully saturated rings. The summed E-state index contributed by atoms with van der Waals surface area (Å²) in [6.45, 7) is 3.56. The summed E-state index contributed by atoms with van der Waals surface area (Å²) in [5, 5.41) is 13.7. The Bertz CT molecular complexity index is 583. The third kappa shape index (κ3) is 3.93. The summed E-state index contributed by atoms with van der Waals surface area (Å²) in [4.78, 5) is 6.84. The van der Waals surface area contributed by atoms with Gasteiger partial charge in [-0.2, -0.15) is 4.98 Å². The molecule has 1 N–H and O–H groups in total. The predicted molar refractivity (Wildman–Crippen MR) is 83.3 cm³/mol. The van der Waals surface area contributed by atoms with Gasteiger partial charge in [0.2, 0.25) is 5.89 Å². The van der Waals surface area contributed by atoms with Crippen LogP contribution in [-0.2, 0) is 13.0 Å². The smallest absolute Gasteiger partial charge is 0.240 e. The molecular formula is C17H23N3O2. The number of aliphatic hydroxyl groups excluding tert-OH is 1. The van der Waals surface area contributed by atoms with Crippen LogP contribution in [0.15, 0.2) is 34.9 Å². The maximum atomic E-state index is 9.59. The van der Waals surface area contributed by atoms with E-state index in [0.717, 1.165) is 25.2 Å². The van der Waals surface area contributed by atoms with Gasteiger partial charge in [0.25, 0.3) is 0 Å². The van der Waals surface area contributed by atoms with Crippen LogP contribution in [0.25, 0.3) is 0 Å². The lowest BCUT2D eigenvalue weighted by molar-refractivity contribution is 0.124. The van der Waals surface area contributed by atoms with Crippen molar-refractivity contribution in [1.82, 2.24) is 15.0 Å². The number of aromatic nitrogens is 2. The summed E-state index contributed by atoms with van der Waals surface area (Å²) in [5.41, 5.74) is 1.18. The number of benzene rings is 1. The lowest BCUT2D eigenvalue weighted by Crippen LogP contribution is -2.31. The van der Waals surface area contributed by atoms with Crippen LogP contribution in [0.2, 0.25) is 0 Å². The van der Waals surface area contributed by atoms with Crippen molar-refractivity contribution in [2.75, 3.05) is 6.54 Å². The molecule has 118 valence electrons. The molecule has 0 aliphatic carbocycles. The van der Waals surface area contributed by atoms with Crippen LogP contribution in [0.1, 0.15) is 43.5 Å². The molecule has 1 aliphatic rings. The van der Waals surface area contributed by atoms with Crippen molar-refractivity contribution in [3.63, 3.8) is 0 Å². The van der Waals surface area contributed by atoms with Crippen LogP contribution >= 0.6 is 0 Å². The molecule has 1 saturated heterocycles. The fourth-order valence-electron chi connectivity index (χ4n) is 3.14. The Morgan fingerprint density at radius 2 is 2.18 bits per heavy atom. The molecule has 1 aliphatic heterocycles. The average Bonchev–Trinajstić information content (AvgIpc) is 3.10. The lowest BCUT2D eigenvalue weighted by Gasteiger charge is -2.23. The highest BCUT2D eigenvalue weighted by atomic mass is 16.5. The van der Waals surface area contributed by atoms with Crippen LogP contribution < -0.4 is 0 Å². The second-order valence-electron chi connectivity index (χ2n) is 6.12. The minimum absolute atomic E-state index is 0.262. The van der Waals surface area contributed by atoms with Gasteiger partial charge in [0, 0.05) is 12.5 Å². The van der Waals surface area contributed by atoms with Gasteiger partial charge in [0.1, 0.15) is 0 Å². The minimum Gasteiger partial charge on any atom is -0.393 e. The zero-order valence-corrected chi connectivity index (χ0v) is 13.0. The maximum absolute atomic E-state index is 9.59. The molecule has 1 aromatic heterocycles. The van der Waals surface area contributed by atoms with Crippen molar-refractivity contribution >= 4 is 0 Å². The SMILES string of the molecule is CC(O)CC1CCCN1Cc1nc(Cc2ccccc2)no1. The fourth-order valence-corrected chi connectivity index (χ4v) is 3.14. The number of aliphatic hydroxyl groups is 1. The van der Waals surface area contributed by atoms with E-state index in [1.807, 2.05) is 25.1 Å². The average molecular weight is 301 g/mol. The van der Waals surface area contributed by atoms with Gasteiger partial charge in [-0.05, 0) is 38.3 Å². The summed E-state index contributed by atoms with van der Waals surface area (Å²) in [7, 11) is 0. The van der Waals surface area contributed by atoms with Crippen LogP contribution in [0.5, 0.6) is 0 Å². The Balaban J connectivity index is 1.59. The number of hydrogen-bond donors (Lipinski definition) is 1. The minimum atomic E-state index is -0.262. The summed E-state index contributed by atoms with van der Waals surface area (Å²) in [6.07, 6.45) is 3.55.